The first-order chi connectivity index (χ1) is 8.65. The van der Waals surface area contributed by atoms with Gasteiger partial charge >= 0.3 is 0 Å². The molecule has 0 bridgehead atoms. The van der Waals surface area contributed by atoms with Crippen LogP contribution in [-0.4, -0.2) is 27.8 Å². The molecule has 2 rings (SSSR count). The summed E-state index contributed by atoms with van der Waals surface area (Å²) in [5.41, 5.74) is 0.835. The highest BCUT2D eigenvalue weighted by molar-refractivity contribution is 8.00. The number of rotatable bonds is 5. The van der Waals surface area contributed by atoms with Crippen molar-refractivity contribution in [3.05, 3.63) is 23.8 Å². The summed E-state index contributed by atoms with van der Waals surface area (Å²) in [6, 6.07) is 4.76. The number of nitrogens with one attached hydrogen (secondary N) is 1. The lowest BCUT2D eigenvalue weighted by molar-refractivity contribution is 0.441. The molecule has 0 aliphatic heterocycles. The highest BCUT2D eigenvalue weighted by Crippen LogP contribution is 2.39. The smallest absolute Gasteiger partial charge is 0.123 e. The minimum absolute atomic E-state index is 0.104. The van der Waals surface area contributed by atoms with Gasteiger partial charge in [-0.15, -0.1) is 0 Å². The van der Waals surface area contributed by atoms with E-state index in [1.165, 1.54) is 31.7 Å². The number of benzene rings is 1. The molecule has 3 nitrogen and oxygen atoms in total. The van der Waals surface area contributed by atoms with Gasteiger partial charge in [0.25, 0.3) is 0 Å². The van der Waals surface area contributed by atoms with Crippen molar-refractivity contribution in [3.8, 4) is 11.5 Å². The molecule has 0 aromatic heterocycles. The lowest BCUT2D eigenvalue weighted by Gasteiger charge is -2.27. The molecule has 18 heavy (non-hydrogen) atoms. The second-order valence-electron chi connectivity index (χ2n) is 5.01. The molecular formula is C14H21NO2S. The van der Waals surface area contributed by atoms with E-state index in [1.807, 2.05) is 11.8 Å². The Balaban J connectivity index is 1.88. The first-order valence-electron chi connectivity index (χ1n) is 6.42. The van der Waals surface area contributed by atoms with Gasteiger partial charge in [0.15, 0.2) is 0 Å². The second kappa shape index (κ2) is 5.85. The van der Waals surface area contributed by atoms with Crippen LogP contribution >= 0.6 is 11.8 Å². The third kappa shape index (κ3) is 3.12. The van der Waals surface area contributed by atoms with Crippen LogP contribution in [0.1, 0.15) is 31.2 Å². The van der Waals surface area contributed by atoms with Crippen molar-refractivity contribution in [3.63, 3.8) is 0 Å². The van der Waals surface area contributed by atoms with Gasteiger partial charge in [-0.3, -0.25) is 0 Å². The Morgan fingerprint density at radius 2 is 2.00 bits per heavy atom. The second-order valence-corrected chi connectivity index (χ2v) is 6.29. The lowest BCUT2D eigenvalue weighted by atomic mass is 10.1. The molecule has 1 saturated carbocycles. The number of phenolic OH excluding ortho intramolecular Hbond substituents is 2. The molecule has 0 radical (unpaired) electrons. The summed E-state index contributed by atoms with van der Waals surface area (Å²) in [6.07, 6.45) is 7.40. The fourth-order valence-electron chi connectivity index (χ4n) is 2.60. The van der Waals surface area contributed by atoms with Gasteiger partial charge in [-0.25, -0.2) is 0 Å². The summed E-state index contributed by atoms with van der Waals surface area (Å²) in [6.45, 7) is 1.63. The SMILES string of the molecule is CSC1(CNCc2ccc(O)cc2O)CCCC1. The largest absolute Gasteiger partial charge is 0.508 e. The van der Waals surface area contributed by atoms with Crippen LogP contribution in [0.2, 0.25) is 0 Å². The number of hydrogen-bond donors (Lipinski definition) is 3. The normalized spacial score (nSPS) is 18.1. The third-order valence-electron chi connectivity index (χ3n) is 3.78. The number of thioether (sulfide) groups is 1. The summed E-state index contributed by atoms with van der Waals surface area (Å²) in [4.78, 5) is 0. The Morgan fingerprint density at radius 1 is 1.28 bits per heavy atom. The molecule has 0 saturated heterocycles. The first-order valence-corrected chi connectivity index (χ1v) is 7.64. The highest BCUT2D eigenvalue weighted by atomic mass is 32.2. The van der Waals surface area contributed by atoms with Gasteiger partial charge in [0, 0.05) is 29.5 Å². The minimum Gasteiger partial charge on any atom is -0.508 e. The molecule has 1 fully saturated rings. The average Bonchev–Trinajstić information content (AvgIpc) is 2.81. The molecule has 1 aromatic carbocycles. The van der Waals surface area contributed by atoms with Crippen LogP contribution in [0.4, 0.5) is 0 Å². The van der Waals surface area contributed by atoms with E-state index < -0.39 is 0 Å². The Hall–Kier alpha value is -0.870. The molecule has 100 valence electrons. The van der Waals surface area contributed by atoms with Gasteiger partial charge in [-0.2, -0.15) is 11.8 Å². The number of hydrogen-bond acceptors (Lipinski definition) is 4. The molecular weight excluding hydrogens is 246 g/mol. The van der Waals surface area contributed by atoms with E-state index in [9.17, 15) is 10.2 Å². The van der Waals surface area contributed by atoms with Crippen LogP contribution in [-0.2, 0) is 6.54 Å². The van der Waals surface area contributed by atoms with Crippen molar-refractivity contribution in [2.45, 2.75) is 37.0 Å². The highest BCUT2D eigenvalue weighted by Gasteiger charge is 2.32. The minimum atomic E-state index is 0.104. The zero-order chi connectivity index (χ0) is 13.0. The first kappa shape index (κ1) is 13.6. The summed E-state index contributed by atoms with van der Waals surface area (Å²) in [5, 5.41) is 22.4. The molecule has 1 aromatic rings. The summed E-state index contributed by atoms with van der Waals surface area (Å²) >= 11 is 1.96. The molecule has 0 atom stereocenters. The zero-order valence-corrected chi connectivity index (χ0v) is 11.6. The van der Waals surface area contributed by atoms with E-state index >= 15 is 0 Å². The van der Waals surface area contributed by atoms with E-state index in [-0.39, 0.29) is 11.5 Å². The van der Waals surface area contributed by atoms with Gasteiger partial charge in [0.05, 0.1) is 0 Å². The fourth-order valence-corrected chi connectivity index (χ4v) is 3.54. The average molecular weight is 267 g/mol. The Morgan fingerprint density at radius 3 is 2.61 bits per heavy atom. The molecule has 0 unspecified atom stereocenters. The standard InChI is InChI=1S/C14H21NO2S/c1-18-14(6-2-3-7-14)10-15-9-11-4-5-12(16)8-13(11)17/h4-5,8,15-17H,2-3,6-7,9-10H2,1H3. The Labute approximate surface area is 113 Å². The molecule has 0 amide bonds. The quantitative estimate of drug-likeness (QED) is 0.768. The summed E-state index contributed by atoms with van der Waals surface area (Å²) < 4.78 is 0.381. The van der Waals surface area contributed by atoms with Gasteiger partial charge in [0.2, 0.25) is 0 Å². The lowest BCUT2D eigenvalue weighted by Crippen LogP contribution is -2.34. The maximum atomic E-state index is 9.70. The summed E-state index contributed by atoms with van der Waals surface area (Å²) in [7, 11) is 0. The van der Waals surface area contributed by atoms with Gasteiger partial charge < -0.3 is 15.5 Å². The van der Waals surface area contributed by atoms with E-state index in [0.717, 1.165) is 12.1 Å². The van der Waals surface area contributed by atoms with E-state index in [1.54, 1.807) is 12.1 Å². The van der Waals surface area contributed by atoms with Gasteiger partial charge in [0.1, 0.15) is 11.5 Å². The fraction of sp³-hybridized carbons (Fsp3) is 0.571. The molecule has 0 spiro atoms. The van der Waals surface area contributed by atoms with Crippen molar-refractivity contribution < 1.29 is 10.2 Å². The van der Waals surface area contributed by atoms with E-state index in [4.69, 9.17) is 0 Å². The van der Waals surface area contributed by atoms with Gasteiger partial charge in [-0.1, -0.05) is 18.9 Å². The van der Waals surface area contributed by atoms with Crippen LogP contribution in [0.15, 0.2) is 18.2 Å². The zero-order valence-electron chi connectivity index (χ0n) is 10.8. The topological polar surface area (TPSA) is 52.5 Å². The number of aromatic hydroxyl groups is 2. The molecule has 1 aliphatic rings. The predicted molar refractivity (Wildman–Crippen MR) is 76.2 cm³/mol. The maximum Gasteiger partial charge on any atom is 0.123 e. The molecule has 1 aliphatic carbocycles. The van der Waals surface area contributed by atoms with Crippen LogP contribution in [0.3, 0.4) is 0 Å². The van der Waals surface area contributed by atoms with E-state index in [2.05, 4.69) is 11.6 Å². The third-order valence-corrected chi connectivity index (χ3v) is 5.20. The Bertz CT molecular complexity index is 403. The molecule has 4 heteroatoms. The van der Waals surface area contributed by atoms with Gasteiger partial charge in [-0.05, 0) is 25.2 Å². The van der Waals surface area contributed by atoms with Crippen molar-refractivity contribution in [2.24, 2.45) is 0 Å². The van der Waals surface area contributed by atoms with Crippen LogP contribution in [0, 0.1) is 0 Å². The van der Waals surface area contributed by atoms with Crippen molar-refractivity contribution >= 4 is 11.8 Å². The maximum absolute atomic E-state index is 9.70. The van der Waals surface area contributed by atoms with E-state index in [0.29, 0.717) is 11.3 Å². The molecule has 3 N–H and O–H groups in total. The van der Waals surface area contributed by atoms with Crippen molar-refractivity contribution in [1.82, 2.24) is 5.32 Å². The monoisotopic (exact) mass is 267 g/mol. The Kier molecular flexibility index (Phi) is 4.40. The predicted octanol–water partition coefficient (Wildman–Crippen LogP) is 2.86. The van der Waals surface area contributed by atoms with Crippen LogP contribution < -0.4 is 5.32 Å². The molecule has 0 heterocycles. The van der Waals surface area contributed by atoms with Crippen molar-refractivity contribution in [2.75, 3.05) is 12.8 Å². The number of phenols is 2. The van der Waals surface area contributed by atoms with Crippen molar-refractivity contribution in [1.29, 1.82) is 0 Å². The van der Waals surface area contributed by atoms with Crippen LogP contribution in [0.5, 0.6) is 11.5 Å². The summed E-state index contributed by atoms with van der Waals surface area (Å²) in [5.74, 6) is 0.264. The van der Waals surface area contributed by atoms with Crippen LogP contribution in [0.25, 0.3) is 0 Å².